The Morgan fingerprint density at radius 3 is 2.39 bits per heavy atom. The predicted molar refractivity (Wildman–Crippen MR) is 117 cm³/mol. The zero-order valence-electron chi connectivity index (χ0n) is 17.2. The minimum Gasteiger partial charge on any atom is -0.355 e. The first kappa shape index (κ1) is 20.3. The third kappa shape index (κ3) is 5.76. The van der Waals surface area contributed by atoms with Gasteiger partial charge in [0.25, 0.3) is 0 Å². The normalized spacial score (nSPS) is 15.3. The highest BCUT2D eigenvalue weighted by Gasteiger charge is 2.19. The van der Waals surface area contributed by atoms with E-state index in [4.69, 9.17) is 4.98 Å². The van der Waals surface area contributed by atoms with Crippen LogP contribution in [-0.2, 0) is 0 Å². The van der Waals surface area contributed by atoms with Crippen LogP contribution in [0.25, 0.3) is 6.08 Å². The fraction of sp³-hybridized carbons (Fsp3) is 0.500. The second-order valence-electron chi connectivity index (χ2n) is 7.20. The molecule has 1 aromatic carbocycles. The van der Waals surface area contributed by atoms with Crippen molar-refractivity contribution in [1.82, 2.24) is 20.1 Å². The van der Waals surface area contributed by atoms with Crippen molar-refractivity contribution >= 4 is 17.8 Å². The number of hydrogen-bond acceptors (Lipinski definition) is 6. The Labute approximate surface area is 168 Å². The van der Waals surface area contributed by atoms with E-state index in [1.807, 2.05) is 6.07 Å². The van der Waals surface area contributed by atoms with Crippen molar-refractivity contribution in [3.8, 4) is 0 Å². The molecule has 1 aliphatic rings. The Morgan fingerprint density at radius 2 is 1.71 bits per heavy atom. The van der Waals surface area contributed by atoms with Gasteiger partial charge in [0.05, 0.1) is 6.20 Å². The molecule has 0 unspecified atom stereocenters. The number of aromatic nitrogens is 3. The molecule has 0 aliphatic carbocycles. The second kappa shape index (κ2) is 10.8. The molecule has 0 saturated carbocycles. The maximum Gasteiger partial charge on any atom is 0.247 e. The van der Waals surface area contributed by atoms with Crippen LogP contribution in [0.2, 0.25) is 0 Å². The van der Waals surface area contributed by atoms with E-state index in [9.17, 15) is 0 Å². The van der Waals surface area contributed by atoms with Crippen LogP contribution in [0.1, 0.15) is 32.3 Å². The number of rotatable bonds is 9. The first-order chi connectivity index (χ1) is 13.8. The molecule has 1 aromatic heterocycles. The summed E-state index contributed by atoms with van der Waals surface area (Å²) in [5.74, 6) is 1.70. The quantitative estimate of drug-likeness (QED) is 0.665. The van der Waals surface area contributed by atoms with Crippen molar-refractivity contribution < 1.29 is 0 Å². The number of anilines is 2. The zero-order valence-corrected chi connectivity index (χ0v) is 17.2. The van der Waals surface area contributed by atoms with E-state index in [1.54, 1.807) is 6.20 Å². The fourth-order valence-corrected chi connectivity index (χ4v) is 3.49. The molecule has 0 bridgehead atoms. The summed E-state index contributed by atoms with van der Waals surface area (Å²) in [5, 5.41) is 8.53. The zero-order chi connectivity index (χ0) is 19.6. The van der Waals surface area contributed by atoms with Gasteiger partial charge in [-0.25, -0.2) is 0 Å². The van der Waals surface area contributed by atoms with E-state index in [2.05, 4.69) is 75.2 Å². The molecular weight excluding hydrogens is 348 g/mol. The van der Waals surface area contributed by atoms with E-state index in [1.165, 1.54) is 5.56 Å². The lowest BCUT2D eigenvalue weighted by atomic mass is 10.2. The third-order valence-electron chi connectivity index (χ3n) is 4.97. The molecule has 1 fully saturated rings. The molecule has 28 heavy (non-hydrogen) atoms. The summed E-state index contributed by atoms with van der Waals surface area (Å²) in [6.07, 6.45) is 8.44. The van der Waals surface area contributed by atoms with Crippen LogP contribution in [0.3, 0.4) is 0 Å². The Bertz CT molecular complexity index is 719. The van der Waals surface area contributed by atoms with Crippen molar-refractivity contribution in [2.24, 2.45) is 0 Å². The highest BCUT2D eigenvalue weighted by Crippen LogP contribution is 2.16. The molecule has 0 radical (unpaired) electrons. The molecule has 0 amide bonds. The van der Waals surface area contributed by atoms with Gasteiger partial charge in [0.1, 0.15) is 0 Å². The highest BCUT2D eigenvalue weighted by molar-refractivity contribution is 5.48. The number of piperazine rings is 1. The average Bonchev–Trinajstić information content (AvgIpc) is 2.75. The van der Waals surface area contributed by atoms with Gasteiger partial charge in [0.2, 0.25) is 5.95 Å². The van der Waals surface area contributed by atoms with Crippen LogP contribution >= 0.6 is 0 Å². The van der Waals surface area contributed by atoms with Crippen LogP contribution in [0.4, 0.5) is 11.8 Å². The summed E-state index contributed by atoms with van der Waals surface area (Å²) in [7, 11) is 0. The van der Waals surface area contributed by atoms with E-state index in [-0.39, 0.29) is 0 Å². The summed E-state index contributed by atoms with van der Waals surface area (Å²) in [6.45, 7) is 11.3. The van der Waals surface area contributed by atoms with Crippen molar-refractivity contribution in [2.45, 2.75) is 26.7 Å². The van der Waals surface area contributed by atoms with Gasteiger partial charge in [-0.1, -0.05) is 56.3 Å². The minimum atomic E-state index is 0.759. The van der Waals surface area contributed by atoms with Crippen LogP contribution in [0.15, 0.2) is 42.6 Å². The summed E-state index contributed by atoms with van der Waals surface area (Å²) in [5.41, 5.74) is 1.25. The highest BCUT2D eigenvalue weighted by atomic mass is 15.4. The predicted octanol–water partition coefficient (Wildman–Crippen LogP) is 3.33. The largest absolute Gasteiger partial charge is 0.355 e. The molecular formula is C22H32N6. The lowest BCUT2D eigenvalue weighted by Gasteiger charge is -2.34. The van der Waals surface area contributed by atoms with Gasteiger partial charge in [-0.15, -0.1) is 5.10 Å². The van der Waals surface area contributed by atoms with Gasteiger partial charge in [-0.05, 0) is 18.4 Å². The van der Waals surface area contributed by atoms with E-state index >= 15 is 0 Å². The fourth-order valence-electron chi connectivity index (χ4n) is 3.49. The van der Waals surface area contributed by atoms with Gasteiger partial charge in [-0.3, -0.25) is 4.90 Å². The van der Waals surface area contributed by atoms with Gasteiger partial charge in [0.15, 0.2) is 5.82 Å². The van der Waals surface area contributed by atoms with Crippen LogP contribution in [0.5, 0.6) is 0 Å². The summed E-state index contributed by atoms with van der Waals surface area (Å²) < 4.78 is 0. The van der Waals surface area contributed by atoms with Gasteiger partial charge < -0.3 is 9.80 Å². The summed E-state index contributed by atoms with van der Waals surface area (Å²) in [4.78, 5) is 11.8. The Hall–Kier alpha value is -2.47. The third-order valence-corrected chi connectivity index (χ3v) is 4.97. The average molecular weight is 381 g/mol. The first-order valence-corrected chi connectivity index (χ1v) is 10.4. The molecule has 6 nitrogen and oxygen atoms in total. The maximum absolute atomic E-state index is 4.81. The minimum absolute atomic E-state index is 0.759. The smallest absolute Gasteiger partial charge is 0.247 e. The molecule has 0 atom stereocenters. The molecule has 1 aliphatic heterocycles. The van der Waals surface area contributed by atoms with Crippen molar-refractivity contribution in [3.63, 3.8) is 0 Å². The van der Waals surface area contributed by atoms with Crippen LogP contribution in [-0.4, -0.2) is 65.9 Å². The molecule has 2 heterocycles. The molecule has 0 N–H and O–H groups in total. The number of nitrogens with zero attached hydrogens (tertiary/aromatic N) is 6. The van der Waals surface area contributed by atoms with Crippen molar-refractivity contribution in [2.75, 3.05) is 55.6 Å². The van der Waals surface area contributed by atoms with Crippen molar-refractivity contribution in [1.29, 1.82) is 0 Å². The lowest BCUT2D eigenvalue weighted by Crippen LogP contribution is -2.47. The van der Waals surface area contributed by atoms with Gasteiger partial charge in [0, 0.05) is 45.8 Å². The topological polar surface area (TPSA) is 48.4 Å². The first-order valence-electron chi connectivity index (χ1n) is 10.4. The Morgan fingerprint density at radius 1 is 1.00 bits per heavy atom. The Balaban J connectivity index is 1.53. The van der Waals surface area contributed by atoms with Crippen LogP contribution in [0, 0.1) is 0 Å². The summed E-state index contributed by atoms with van der Waals surface area (Å²) >= 11 is 0. The van der Waals surface area contributed by atoms with E-state index < -0.39 is 0 Å². The van der Waals surface area contributed by atoms with E-state index in [0.717, 1.165) is 70.4 Å². The standard InChI is InChI=1S/C22H32N6/c1-3-12-27(13-4-2)21-19-23-25-22(24-21)28-17-15-26(16-18-28)14-8-11-20-9-6-5-7-10-20/h5-11,19H,3-4,12-18H2,1-2H3/b11-8+. The number of benzene rings is 1. The SMILES string of the molecule is CCCN(CCC)c1cnnc(N2CCN(C/C=C/c3ccccc3)CC2)n1. The maximum atomic E-state index is 4.81. The van der Waals surface area contributed by atoms with Gasteiger partial charge >= 0.3 is 0 Å². The van der Waals surface area contributed by atoms with Crippen molar-refractivity contribution in [3.05, 3.63) is 48.2 Å². The Kier molecular flexibility index (Phi) is 7.79. The molecule has 6 heteroatoms. The summed E-state index contributed by atoms with van der Waals surface area (Å²) in [6, 6.07) is 10.5. The molecule has 0 spiro atoms. The second-order valence-corrected chi connectivity index (χ2v) is 7.20. The van der Waals surface area contributed by atoms with Gasteiger partial charge in [-0.2, -0.15) is 10.1 Å². The molecule has 2 aromatic rings. The molecule has 3 rings (SSSR count). The van der Waals surface area contributed by atoms with E-state index in [0.29, 0.717) is 0 Å². The number of hydrogen-bond donors (Lipinski definition) is 0. The van der Waals surface area contributed by atoms with Crippen LogP contribution < -0.4 is 9.80 Å². The molecule has 150 valence electrons. The monoisotopic (exact) mass is 380 g/mol. The lowest BCUT2D eigenvalue weighted by molar-refractivity contribution is 0.282. The molecule has 1 saturated heterocycles.